The lowest BCUT2D eigenvalue weighted by Gasteiger charge is -2.07. The number of esters is 1. The van der Waals surface area contributed by atoms with Gasteiger partial charge in [-0.25, -0.2) is 4.79 Å². The largest absolute Gasteiger partial charge is 0.454 e. The molecule has 0 aliphatic heterocycles. The van der Waals surface area contributed by atoms with E-state index in [0.29, 0.717) is 17.0 Å². The quantitative estimate of drug-likeness (QED) is 0.859. The minimum atomic E-state index is -0.475. The molecule has 114 valence electrons. The van der Waals surface area contributed by atoms with E-state index < -0.39 is 5.97 Å². The number of aromatic nitrogens is 1. The maximum absolute atomic E-state index is 12.0. The van der Waals surface area contributed by atoms with Crippen molar-refractivity contribution in [2.24, 2.45) is 5.92 Å². The van der Waals surface area contributed by atoms with Crippen LogP contribution >= 0.6 is 0 Å². The molecule has 1 fully saturated rings. The number of carbonyl (C=O) groups is 2. The monoisotopic (exact) mass is 300 g/mol. The summed E-state index contributed by atoms with van der Waals surface area (Å²) in [4.78, 5) is 23.7. The van der Waals surface area contributed by atoms with E-state index in [0.717, 1.165) is 18.5 Å². The molecule has 6 nitrogen and oxygen atoms in total. The second-order valence-electron chi connectivity index (χ2n) is 5.36. The summed E-state index contributed by atoms with van der Waals surface area (Å²) in [6.07, 6.45) is 1.87. The number of nitrogens with one attached hydrogen (secondary N) is 1. The summed E-state index contributed by atoms with van der Waals surface area (Å²) in [5.41, 5.74) is 1.71. The number of carbonyl (C=O) groups excluding carboxylic acids is 2. The molecule has 1 saturated carbocycles. The first-order valence-electron chi connectivity index (χ1n) is 7.12. The van der Waals surface area contributed by atoms with Gasteiger partial charge in [-0.15, -0.1) is 0 Å². The van der Waals surface area contributed by atoms with Crippen LogP contribution in [0.4, 0.5) is 5.69 Å². The Kier molecular flexibility index (Phi) is 3.91. The zero-order chi connectivity index (χ0) is 15.5. The first kappa shape index (κ1) is 14.3. The highest BCUT2D eigenvalue weighted by molar-refractivity contribution is 5.96. The van der Waals surface area contributed by atoms with E-state index in [4.69, 9.17) is 9.26 Å². The van der Waals surface area contributed by atoms with Gasteiger partial charge in [0.05, 0.1) is 11.3 Å². The smallest absolute Gasteiger partial charge is 0.338 e. The van der Waals surface area contributed by atoms with Gasteiger partial charge in [0, 0.05) is 17.7 Å². The van der Waals surface area contributed by atoms with Crippen molar-refractivity contribution < 1.29 is 18.8 Å². The predicted octanol–water partition coefficient (Wildman–Crippen LogP) is 2.69. The molecule has 0 radical (unpaired) electrons. The molecule has 1 N–H and O–H groups in total. The van der Waals surface area contributed by atoms with Crippen molar-refractivity contribution >= 4 is 17.6 Å². The van der Waals surface area contributed by atoms with Gasteiger partial charge in [-0.1, -0.05) is 11.2 Å². The average molecular weight is 300 g/mol. The topological polar surface area (TPSA) is 81.4 Å². The van der Waals surface area contributed by atoms with Gasteiger partial charge in [0.1, 0.15) is 0 Å². The Morgan fingerprint density at radius 1 is 1.36 bits per heavy atom. The SMILES string of the molecule is Cc1cc(COC(=O)c2cccc(NC(=O)C3CC3)c2)on1. The van der Waals surface area contributed by atoms with E-state index in [9.17, 15) is 9.59 Å². The van der Waals surface area contributed by atoms with Crippen LogP contribution in [0.15, 0.2) is 34.9 Å². The molecule has 2 aromatic rings. The molecule has 1 aromatic carbocycles. The maximum Gasteiger partial charge on any atom is 0.338 e. The van der Waals surface area contributed by atoms with Gasteiger partial charge in [-0.3, -0.25) is 4.79 Å². The zero-order valence-corrected chi connectivity index (χ0v) is 12.2. The molecule has 0 saturated heterocycles. The number of aryl methyl sites for hydroxylation is 1. The van der Waals surface area contributed by atoms with Crippen LogP contribution in [0.5, 0.6) is 0 Å². The van der Waals surface area contributed by atoms with Crippen molar-refractivity contribution in [1.29, 1.82) is 0 Å². The fraction of sp³-hybridized carbons (Fsp3) is 0.312. The van der Waals surface area contributed by atoms with Gasteiger partial charge < -0.3 is 14.6 Å². The molecule has 1 aromatic heterocycles. The predicted molar refractivity (Wildman–Crippen MR) is 78.2 cm³/mol. The van der Waals surface area contributed by atoms with Crippen molar-refractivity contribution in [2.75, 3.05) is 5.32 Å². The fourth-order valence-corrected chi connectivity index (χ4v) is 2.02. The van der Waals surface area contributed by atoms with Crippen LogP contribution in [0.3, 0.4) is 0 Å². The van der Waals surface area contributed by atoms with E-state index in [-0.39, 0.29) is 18.4 Å². The number of anilines is 1. The van der Waals surface area contributed by atoms with Crippen molar-refractivity contribution in [3.8, 4) is 0 Å². The first-order valence-corrected chi connectivity index (χ1v) is 7.12. The Labute approximate surface area is 127 Å². The molecule has 0 atom stereocenters. The highest BCUT2D eigenvalue weighted by Gasteiger charge is 2.29. The minimum Gasteiger partial charge on any atom is -0.454 e. The summed E-state index contributed by atoms with van der Waals surface area (Å²) in [6, 6.07) is 8.41. The van der Waals surface area contributed by atoms with E-state index in [1.807, 2.05) is 0 Å². The van der Waals surface area contributed by atoms with E-state index >= 15 is 0 Å². The average Bonchev–Trinajstić information content (AvgIpc) is 3.28. The molecule has 1 heterocycles. The number of hydrogen-bond donors (Lipinski definition) is 1. The van der Waals surface area contributed by atoms with Crippen LogP contribution in [-0.4, -0.2) is 17.0 Å². The summed E-state index contributed by atoms with van der Waals surface area (Å²) < 4.78 is 10.1. The van der Waals surface area contributed by atoms with Gasteiger partial charge in [0.15, 0.2) is 12.4 Å². The van der Waals surface area contributed by atoms with Crippen LogP contribution in [-0.2, 0) is 16.1 Å². The number of amides is 1. The molecule has 0 unspecified atom stereocenters. The minimum absolute atomic E-state index is 0.00246. The third-order valence-electron chi connectivity index (χ3n) is 3.34. The van der Waals surface area contributed by atoms with Crippen LogP contribution in [0.1, 0.15) is 34.7 Å². The lowest BCUT2D eigenvalue weighted by atomic mass is 10.2. The maximum atomic E-state index is 12.0. The van der Waals surface area contributed by atoms with Crippen LogP contribution in [0.25, 0.3) is 0 Å². The number of benzene rings is 1. The third-order valence-corrected chi connectivity index (χ3v) is 3.34. The van der Waals surface area contributed by atoms with Crippen molar-refractivity contribution in [3.05, 3.63) is 47.3 Å². The zero-order valence-electron chi connectivity index (χ0n) is 12.2. The molecule has 3 rings (SSSR count). The second kappa shape index (κ2) is 6.01. The number of ether oxygens (including phenoxy) is 1. The summed E-state index contributed by atoms with van der Waals surface area (Å²) >= 11 is 0. The Morgan fingerprint density at radius 2 is 2.18 bits per heavy atom. The van der Waals surface area contributed by atoms with E-state index in [2.05, 4.69) is 10.5 Å². The molecule has 0 bridgehead atoms. The number of rotatable bonds is 5. The highest BCUT2D eigenvalue weighted by atomic mass is 16.5. The normalized spacial score (nSPS) is 13.7. The summed E-state index contributed by atoms with van der Waals surface area (Å²) in [5, 5.41) is 6.52. The Bertz CT molecular complexity index is 704. The first-order chi connectivity index (χ1) is 10.6. The van der Waals surface area contributed by atoms with E-state index in [1.165, 1.54) is 0 Å². The van der Waals surface area contributed by atoms with Crippen molar-refractivity contribution in [2.45, 2.75) is 26.4 Å². The molecule has 0 spiro atoms. The summed E-state index contributed by atoms with van der Waals surface area (Å²) in [5.74, 6) is 0.133. The van der Waals surface area contributed by atoms with Gasteiger partial charge >= 0.3 is 5.97 Å². The Hall–Kier alpha value is -2.63. The highest BCUT2D eigenvalue weighted by Crippen LogP contribution is 2.30. The Morgan fingerprint density at radius 3 is 2.86 bits per heavy atom. The third kappa shape index (κ3) is 3.52. The molecule has 1 aliphatic rings. The molecule has 22 heavy (non-hydrogen) atoms. The molecule has 1 amide bonds. The van der Waals surface area contributed by atoms with Gasteiger partial charge in [0.2, 0.25) is 5.91 Å². The van der Waals surface area contributed by atoms with Gasteiger partial charge in [-0.2, -0.15) is 0 Å². The van der Waals surface area contributed by atoms with Crippen LogP contribution < -0.4 is 5.32 Å². The Balaban J connectivity index is 1.60. The summed E-state index contributed by atoms with van der Waals surface area (Å²) in [6.45, 7) is 1.82. The van der Waals surface area contributed by atoms with E-state index in [1.54, 1.807) is 37.3 Å². The molecular weight excluding hydrogens is 284 g/mol. The fourth-order valence-electron chi connectivity index (χ4n) is 2.02. The number of hydrogen-bond acceptors (Lipinski definition) is 5. The van der Waals surface area contributed by atoms with Gasteiger partial charge in [-0.05, 0) is 38.0 Å². The van der Waals surface area contributed by atoms with Crippen molar-refractivity contribution in [3.63, 3.8) is 0 Å². The second-order valence-corrected chi connectivity index (χ2v) is 5.36. The van der Waals surface area contributed by atoms with Crippen LogP contribution in [0, 0.1) is 12.8 Å². The number of nitrogens with zero attached hydrogens (tertiary/aromatic N) is 1. The van der Waals surface area contributed by atoms with Crippen molar-refractivity contribution in [1.82, 2.24) is 5.16 Å². The standard InChI is InChI=1S/C16H16N2O4/c1-10-7-14(22-18-10)9-21-16(20)12-3-2-4-13(8-12)17-15(19)11-5-6-11/h2-4,7-8,11H,5-6,9H2,1H3,(H,17,19). The lowest BCUT2D eigenvalue weighted by Crippen LogP contribution is -2.14. The summed E-state index contributed by atoms with van der Waals surface area (Å²) in [7, 11) is 0. The van der Waals surface area contributed by atoms with Crippen LogP contribution in [0.2, 0.25) is 0 Å². The molecule has 6 heteroatoms. The molecular formula is C16H16N2O4. The van der Waals surface area contributed by atoms with Gasteiger partial charge in [0.25, 0.3) is 0 Å². The lowest BCUT2D eigenvalue weighted by molar-refractivity contribution is -0.117. The molecule has 1 aliphatic carbocycles.